The maximum Gasteiger partial charge on any atom is 0.260 e. The van der Waals surface area contributed by atoms with Gasteiger partial charge in [-0.15, -0.1) is 0 Å². The molecule has 2 rings (SSSR count). The number of rotatable bonds is 7. The Hall–Kier alpha value is -1.26. The van der Waals surface area contributed by atoms with Gasteiger partial charge in [0.1, 0.15) is 5.75 Å². The summed E-state index contributed by atoms with van der Waals surface area (Å²) < 4.78 is 5.60. The number of hydrogen-bond acceptors (Lipinski definition) is 3. The number of benzene rings is 1. The van der Waals surface area contributed by atoms with Crippen molar-refractivity contribution in [2.24, 2.45) is 0 Å². The van der Waals surface area contributed by atoms with Gasteiger partial charge in [0.15, 0.2) is 6.10 Å². The number of ether oxygens (including phenoxy) is 1. The van der Waals surface area contributed by atoms with Crippen LogP contribution in [-0.2, 0) is 4.79 Å². The smallest absolute Gasteiger partial charge is 0.260 e. The molecule has 0 spiro atoms. The van der Waals surface area contributed by atoms with Crippen molar-refractivity contribution in [3.8, 4) is 5.75 Å². The van der Waals surface area contributed by atoms with Crippen molar-refractivity contribution in [3.63, 3.8) is 0 Å². The fraction of sp³-hybridized carbons (Fsp3) is 0.588. The molecule has 0 bridgehead atoms. The molecule has 4 nitrogen and oxygen atoms in total. The normalized spacial score (nSPS) is 17.0. The molecule has 0 aliphatic carbocycles. The summed E-state index contributed by atoms with van der Waals surface area (Å²) in [6, 6.07) is 7.09. The molecule has 1 N–H and O–H groups in total. The lowest BCUT2D eigenvalue weighted by molar-refractivity contribution is -0.127. The molecule has 1 aliphatic rings. The van der Waals surface area contributed by atoms with Crippen LogP contribution in [0, 0.1) is 0 Å². The number of amides is 1. The van der Waals surface area contributed by atoms with Gasteiger partial charge in [-0.25, -0.2) is 0 Å². The first-order valence-corrected chi connectivity index (χ1v) is 8.45. The lowest BCUT2D eigenvalue weighted by Gasteiger charge is -2.26. The summed E-state index contributed by atoms with van der Waals surface area (Å²) in [5, 5.41) is 3.54. The number of likely N-dealkylation sites (tertiary alicyclic amines) is 1. The van der Waals surface area contributed by atoms with Crippen LogP contribution in [0.5, 0.6) is 5.75 Å². The summed E-state index contributed by atoms with van der Waals surface area (Å²) in [5.74, 6) is 0.530. The Morgan fingerprint density at radius 3 is 2.86 bits per heavy atom. The minimum Gasteiger partial charge on any atom is -0.481 e. The number of halogens is 1. The van der Waals surface area contributed by atoms with E-state index in [1.807, 2.05) is 0 Å². The van der Waals surface area contributed by atoms with E-state index in [4.69, 9.17) is 16.3 Å². The van der Waals surface area contributed by atoms with E-state index in [1.165, 1.54) is 32.4 Å². The fourth-order valence-corrected chi connectivity index (χ4v) is 2.82. The molecule has 0 radical (unpaired) electrons. The van der Waals surface area contributed by atoms with Crippen molar-refractivity contribution in [3.05, 3.63) is 29.3 Å². The average molecular weight is 325 g/mol. The van der Waals surface area contributed by atoms with E-state index in [2.05, 4.69) is 10.2 Å². The summed E-state index contributed by atoms with van der Waals surface area (Å²) >= 11 is 5.90. The monoisotopic (exact) mass is 324 g/mol. The van der Waals surface area contributed by atoms with E-state index in [0.717, 1.165) is 13.0 Å². The lowest BCUT2D eigenvalue weighted by atomic mass is 10.1. The number of nitrogens with one attached hydrogen (secondary N) is 1. The van der Waals surface area contributed by atoms with Crippen LogP contribution < -0.4 is 10.1 Å². The SMILES string of the molecule is CC(Oc1cccc(Cl)c1)C(=O)NCCCN1CCCCC1. The van der Waals surface area contributed by atoms with Crippen LogP contribution in [0.1, 0.15) is 32.6 Å². The molecule has 1 saturated heterocycles. The van der Waals surface area contributed by atoms with Gasteiger partial charge in [-0.05, 0) is 64.0 Å². The van der Waals surface area contributed by atoms with Gasteiger partial charge in [-0.2, -0.15) is 0 Å². The first-order valence-electron chi connectivity index (χ1n) is 8.07. The third-order valence-electron chi connectivity index (χ3n) is 3.88. The van der Waals surface area contributed by atoms with Crippen LogP contribution in [-0.4, -0.2) is 43.1 Å². The molecule has 1 aliphatic heterocycles. The average Bonchev–Trinajstić information content (AvgIpc) is 2.52. The Kier molecular flexibility index (Phi) is 7.00. The Labute approximate surface area is 137 Å². The quantitative estimate of drug-likeness (QED) is 0.784. The van der Waals surface area contributed by atoms with Gasteiger partial charge in [-0.3, -0.25) is 4.79 Å². The fourth-order valence-electron chi connectivity index (χ4n) is 2.64. The standard InChI is InChI=1S/C17H25ClN2O2/c1-14(22-16-8-5-7-15(18)13-16)17(21)19-9-6-12-20-10-3-2-4-11-20/h5,7-8,13-14H,2-4,6,9-12H2,1H3,(H,19,21). The second-order valence-corrected chi connectivity index (χ2v) is 6.20. The van der Waals surface area contributed by atoms with Crippen molar-refractivity contribution >= 4 is 17.5 Å². The van der Waals surface area contributed by atoms with Crippen LogP contribution in [0.3, 0.4) is 0 Å². The van der Waals surface area contributed by atoms with Crippen molar-refractivity contribution in [2.75, 3.05) is 26.2 Å². The minimum absolute atomic E-state index is 0.0846. The molecule has 1 aromatic carbocycles. The van der Waals surface area contributed by atoms with Crippen molar-refractivity contribution < 1.29 is 9.53 Å². The van der Waals surface area contributed by atoms with E-state index < -0.39 is 6.10 Å². The number of carbonyl (C=O) groups excluding carboxylic acids is 1. The lowest BCUT2D eigenvalue weighted by Crippen LogP contribution is -2.38. The van der Waals surface area contributed by atoms with Crippen LogP contribution in [0.4, 0.5) is 0 Å². The minimum atomic E-state index is -0.520. The van der Waals surface area contributed by atoms with Gasteiger partial charge in [0.2, 0.25) is 0 Å². The van der Waals surface area contributed by atoms with Gasteiger partial charge in [-0.1, -0.05) is 24.1 Å². The van der Waals surface area contributed by atoms with Crippen molar-refractivity contribution in [1.29, 1.82) is 0 Å². The second kappa shape index (κ2) is 9.01. The van der Waals surface area contributed by atoms with E-state index in [0.29, 0.717) is 17.3 Å². The number of nitrogens with zero attached hydrogens (tertiary/aromatic N) is 1. The zero-order valence-corrected chi connectivity index (χ0v) is 13.9. The summed E-state index contributed by atoms with van der Waals surface area (Å²) in [6.45, 7) is 5.90. The predicted octanol–water partition coefficient (Wildman–Crippen LogP) is 3.10. The molecule has 5 heteroatoms. The summed E-state index contributed by atoms with van der Waals surface area (Å²) in [6.07, 6.45) is 4.42. The van der Waals surface area contributed by atoms with E-state index in [1.54, 1.807) is 31.2 Å². The van der Waals surface area contributed by atoms with Gasteiger partial charge in [0.05, 0.1) is 0 Å². The Morgan fingerprint density at radius 2 is 2.14 bits per heavy atom. The third kappa shape index (κ3) is 5.85. The zero-order valence-electron chi connectivity index (χ0n) is 13.2. The molecule has 1 unspecified atom stereocenters. The predicted molar refractivity (Wildman–Crippen MR) is 89.5 cm³/mol. The largest absolute Gasteiger partial charge is 0.481 e. The molecule has 0 aromatic heterocycles. The number of carbonyl (C=O) groups is 1. The molecule has 1 amide bonds. The molecule has 122 valence electrons. The highest BCUT2D eigenvalue weighted by molar-refractivity contribution is 6.30. The Morgan fingerprint density at radius 1 is 1.36 bits per heavy atom. The number of hydrogen-bond donors (Lipinski definition) is 1. The highest BCUT2D eigenvalue weighted by Gasteiger charge is 2.14. The summed E-state index contributed by atoms with van der Waals surface area (Å²) in [7, 11) is 0. The first kappa shape index (κ1) is 17.1. The van der Waals surface area contributed by atoms with Crippen LogP contribution in [0.15, 0.2) is 24.3 Å². The molecular weight excluding hydrogens is 300 g/mol. The molecular formula is C17H25ClN2O2. The third-order valence-corrected chi connectivity index (χ3v) is 4.11. The Bertz CT molecular complexity index is 475. The maximum absolute atomic E-state index is 12.0. The zero-order chi connectivity index (χ0) is 15.8. The van der Waals surface area contributed by atoms with Crippen LogP contribution in [0.2, 0.25) is 5.02 Å². The van der Waals surface area contributed by atoms with Gasteiger partial charge in [0, 0.05) is 11.6 Å². The molecule has 1 heterocycles. The topological polar surface area (TPSA) is 41.6 Å². The van der Waals surface area contributed by atoms with E-state index in [9.17, 15) is 4.79 Å². The van der Waals surface area contributed by atoms with Gasteiger partial charge in [0.25, 0.3) is 5.91 Å². The Balaban J connectivity index is 1.63. The molecule has 1 atom stereocenters. The molecule has 1 fully saturated rings. The highest BCUT2D eigenvalue weighted by Crippen LogP contribution is 2.18. The van der Waals surface area contributed by atoms with Crippen molar-refractivity contribution in [2.45, 2.75) is 38.7 Å². The van der Waals surface area contributed by atoms with Crippen LogP contribution in [0.25, 0.3) is 0 Å². The maximum atomic E-state index is 12.0. The molecule has 0 saturated carbocycles. The van der Waals surface area contributed by atoms with E-state index >= 15 is 0 Å². The summed E-state index contributed by atoms with van der Waals surface area (Å²) in [5.41, 5.74) is 0. The van der Waals surface area contributed by atoms with Crippen LogP contribution >= 0.6 is 11.6 Å². The highest BCUT2D eigenvalue weighted by atomic mass is 35.5. The second-order valence-electron chi connectivity index (χ2n) is 5.76. The molecule has 22 heavy (non-hydrogen) atoms. The summed E-state index contributed by atoms with van der Waals surface area (Å²) in [4.78, 5) is 14.5. The number of piperidine rings is 1. The molecule has 1 aromatic rings. The van der Waals surface area contributed by atoms with E-state index in [-0.39, 0.29) is 5.91 Å². The first-order chi connectivity index (χ1) is 10.6. The van der Waals surface area contributed by atoms with Crippen molar-refractivity contribution in [1.82, 2.24) is 10.2 Å². The van der Waals surface area contributed by atoms with Gasteiger partial charge < -0.3 is 15.0 Å². The van der Waals surface area contributed by atoms with Gasteiger partial charge >= 0.3 is 0 Å².